The Labute approximate surface area is 132 Å². The molecule has 1 atom stereocenters. The summed E-state index contributed by atoms with van der Waals surface area (Å²) in [6.07, 6.45) is 1.17. The first-order valence-corrected chi connectivity index (χ1v) is 7.44. The van der Waals surface area contributed by atoms with Crippen molar-refractivity contribution in [2.45, 2.75) is 19.8 Å². The molecule has 0 aliphatic carbocycles. The number of ether oxygens (including phenoxy) is 1. The van der Waals surface area contributed by atoms with Crippen molar-refractivity contribution in [2.24, 2.45) is 11.8 Å². The minimum atomic E-state index is -1.04. The number of carboxylic acid groups (broad SMARTS) is 1. The van der Waals surface area contributed by atoms with Gasteiger partial charge in [0, 0.05) is 19.8 Å². The molecule has 0 aromatic heterocycles. The third-order valence-electron chi connectivity index (χ3n) is 4.05. The molecular weight excluding hydrogens is 308 g/mol. The van der Waals surface area contributed by atoms with Crippen LogP contribution in [0.4, 0.5) is 8.78 Å². The quantitative estimate of drug-likeness (QED) is 0.869. The lowest BCUT2D eigenvalue weighted by Crippen LogP contribution is -2.39. The monoisotopic (exact) mass is 327 g/mol. The molecule has 126 valence electrons. The van der Waals surface area contributed by atoms with Crippen molar-refractivity contribution < 1.29 is 28.2 Å². The minimum absolute atomic E-state index is 0.130. The highest BCUT2D eigenvalue weighted by Gasteiger charge is 2.30. The van der Waals surface area contributed by atoms with Crippen LogP contribution < -0.4 is 5.32 Å². The fraction of sp³-hybridized carbons (Fsp3) is 0.500. The summed E-state index contributed by atoms with van der Waals surface area (Å²) < 4.78 is 32.7. The smallest absolute Gasteiger partial charge is 0.308 e. The third kappa shape index (κ3) is 4.25. The summed E-state index contributed by atoms with van der Waals surface area (Å²) in [6.45, 7) is 2.29. The van der Waals surface area contributed by atoms with E-state index in [4.69, 9.17) is 4.74 Å². The summed E-state index contributed by atoms with van der Waals surface area (Å²) in [5, 5.41) is 11.7. The van der Waals surface area contributed by atoms with Crippen LogP contribution in [0.1, 0.15) is 28.8 Å². The van der Waals surface area contributed by atoms with Crippen molar-refractivity contribution in [3.8, 4) is 0 Å². The topological polar surface area (TPSA) is 75.6 Å². The van der Waals surface area contributed by atoms with Crippen LogP contribution in [0.25, 0.3) is 0 Å². The van der Waals surface area contributed by atoms with E-state index < -0.39 is 35.0 Å². The molecule has 1 aromatic carbocycles. The summed E-state index contributed by atoms with van der Waals surface area (Å²) >= 11 is 0. The van der Waals surface area contributed by atoms with Gasteiger partial charge < -0.3 is 15.2 Å². The largest absolute Gasteiger partial charge is 0.481 e. The molecule has 2 rings (SSSR count). The number of amides is 1. The average Bonchev–Trinajstić information content (AvgIpc) is 2.47. The zero-order valence-electron chi connectivity index (χ0n) is 12.8. The van der Waals surface area contributed by atoms with Gasteiger partial charge in [-0.25, -0.2) is 8.78 Å². The van der Waals surface area contributed by atoms with E-state index in [0.717, 1.165) is 12.1 Å². The summed E-state index contributed by atoms with van der Waals surface area (Å²) in [4.78, 5) is 23.4. The molecule has 1 fully saturated rings. The summed E-state index contributed by atoms with van der Waals surface area (Å²) in [7, 11) is 0. The van der Waals surface area contributed by atoms with Crippen LogP contribution in [0.15, 0.2) is 12.1 Å². The van der Waals surface area contributed by atoms with Gasteiger partial charge in [-0.2, -0.15) is 0 Å². The predicted molar refractivity (Wildman–Crippen MR) is 78.1 cm³/mol. The van der Waals surface area contributed by atoms with Crippen molar-refractivity contribution in [2.75, 3.05) is 19.8 Å². The van der Waals surface area contributed by atoms with Gasteiger partial charge in [0.25, 0.3) is 5.91 Å². The van der Waals surface area contributed by atoms with E-state index in [1.165, 1.54) is 6.92 Å². The van der Waals surface area contributed by atoms with E-state index in [0.29, 0.717) is 31.6 Å². The Morgan fingerprint density at radius 3 is 2.39 bits per heavy atom. The zero-order chi connectivity index (χ0) is 17.0. The molecule has 5 nitrogen and oxygen atoms in total. The summed E-state index contributed by atoms with van der Waals surface area (Å²) in [6, 6.07) is 2.12. The molecule has 1 heterocycles. The molecule has 23 heavy (non-hydrogen) atoms. The number of hydrogen-bond donors (Lipinski definition) is 2. The molecule has 1 unspecified atom stereocenters. The van der Waals surface area contributed by atoms with Crippen molar-refractivity contribution in [1.29, 1.82) is 0 Å². The van der Waals surface area contributed by atoms with Crippen molar-refractivity contribution >= 4 is 11.9 Å². The first-order chi connectivity index (χ1) is 10.9. The van der Waals surface area contributed by atoms with E-state index in [-0.39, 0.29) is 12.5 Å². The Morgan fingerprint density at radius 1 is 1.30 bits per heavy atom. The number of benzene rings is 1. The van der Waals surface area contributed by atoms with Crippen LogP contribution in [0, 0.1) is 30.4 Å². The maximum absolute atomic E-state index is 13.8. The fourth-order valence-corrected chi connectivity index (χ4v) is 2.78. The number of aliphatic carboxylic acids is 1. The molecule has 0 spiro atoms. The second-order valence-electron chi connectivity index (χ2n) is 5.71. The Kier molecular flexibility index (Phi) is 5.65. The number of hydrogen-bond acceptors (Lipinski definition) is 3. The van der Waals surface area contributed by atoms with Gasteiger partial charge in [0.1, 0.15) is 17.2 Å². The van der Waals surface area contributed by atoms with Gasteiger partial charge in [0.05, 0.1) is 5.92 Å². The lowest BCUT2D eigenvalue weighted by atomic mass is 9.86. The average molecular weight is 327 g/mol. The second-order valence-corrected chi connectivity index (χ2v) is 5.71. The fourth-order valence-electron chi connectivity index (χ4n) is 2.78. The molecule has 1 aliphatic rings. The van der Waals surface area contributed by atoms with Gasteiger partial charge in [-0.3, -0.25) is 9.59 Å². The zero-order valence-corrected chi connectivity index (χ0v) is 12.8. The van der Waals surface area contributed by atoms with Crippen LogP contribution in [-0.4, -0.2) is 36.7 Å². The minimum Gasteiger partial charge on any atom is -0.481 e. The first kappa shape index (κ1) is 17.3. The Morgan fingerprint density at radius 2 is 1.87 bits per heavy atom. The summed E-state index contributed by atoms with van der Waals surface area (Å²) in [5.74, 6) is -4.84. The van der Waals surface area contributed by atoms with E-state index in [1.54, 1.807) is 0 Å². The van der Waals surface area contributed by atoms with Gasteiger partial charge in [-0.1, -0.05) is 0 Å². The molecule has 2 N–H and O–H groups in total. The highest BCUT2D eigenvalue weighted by atomic mass is 19.1. The first-order valence-electron chi connectivity index (χ1n) is 7.44. The van der Waals surface area contributed by atoms with Gasteiger partial charge in [-0.05, 0) is 43.4 Å². The highest BCUT2D eigenvalue weighted by molar-refractivity contribution is 5.95. The van der Waals surface area contributed by atoms with Crippen LogP contribution in [-0.2, 0) is 9.53 Å². The van der Waals surface area contributed by atoms with Crippen LogP contribution in [0.5, 0.6) is 0 Å². The van der Waals surface area contributed by atoms with Crippen molar-refractivity contribution in [3.05, 3.63) is 34.9 Å². The Bertz CT molecular complexity index is 577. The number of halogens is 2. The number of carbonyl (C=O) groups excluding carboxylic acids is 1. The maximum atomic E-state index is 13.8. The van der Waals surface area contributed by atoms with Crippen molar-refractivity contribution in [3.63, 3.8) is 0 Å². The van der Waals surface area contributed by atoms with Crippen molar-refractivity contribution in [1.82, 2.24) is 5.32 Å². The molecule has 7 heteroatoms. The lowest BCUT2D eigenvalue weighted by Gasteiger charge is -2.27. The number of carboxylic acids is 1. The van der Waals surface area contributed by atoms with Crippen LogP contribution in [0.2, 0.25) is 0 Å². The van der Waals surface area contributed by atoms with Gasteiger partial charge in [-0.15, -0.1) is 0 Å². The maximum Gasteiger partial charge on any atom is 0.308 e. The molecule has 1 saturated heterocycles. The molecule has 0 saturated carbocycles. The van der Waals surface area contributed by atoms with E-state index in [1.807, 2.05) is 0 Å². The number of aryl methyl sites for hydroxylation is 1. The number of carbonyl (C=O) groups is 2. The molecular formula is C16H19F2NO4. The Hall–Kier alpha value is -2.02. The van der Waals surface area contributed by atoms with E-state index in [2.05, 4.69) is 5.32 Å². The SMILES string of the molecule is Cc1cc(F)c(C(=O)NCC(C(=O)O)C2CCOCC2)c(F)c1. The molecule has 0 bridgehead atoms. The van der Waals surface area contributed by atoms with Gasteiger partial charge >= 0.3 is 5.97 Å². The summed E-state index contributed by atoms with van der Waals surface area (Å²) in [5.41, 5.74) is -0.325. The van der Waals surface area contributed by atoms with E-state index >= 15 is 0 Å². The molecule has 0 radical (unpaired) electrons. The molecule has 1 aromatic rings. The van der Waals surface area contributed by atoms with Crippen LogP contribution >= 0.6 is 0 Å². The Balaban J connectivity index is 2.06. The lowest BCUT2D eigenvalue weighted by molar-refractivity contribution is -0.144. The van der Waals surface area contributed by atoms with Crippen LogP contribution in [0.3, 0.4) is 0 Å². The molecule has 1 amide bonds. The third-order valence-corrected chi connectivity index (χ3v) is 4.05. The predicted octanol–water partition coefficient (Wildman–Crippen LogP) is 2.13. The van der Waals surface area contributed by atoms with Gasteiger partial charge in [0.15, 0.2) is 0 Å². The van der Waals surface area contributed by atoms with Gasteiger partial charge in [0.2, 0.25) is 0 Å². The molecule has 1 aliphatic heterocycles. The highest BCUT2D eigenvalue weighted by Crippen LogP contribution is 2.24. The standard InChI is InChI=1S/C16H19F2NO4/c1-9-6-12(17)14(13(18)7-9)15(20)19-8-11(16(21)22)10-2-4-23-5-3-10/h6-7,10-11H,2-5,8H2,1H3,(H,19,20)(H,21,22). The van der Waals surface area contributed by atoms with E-state index in [9.17, 15) is 23.5 Å². The normalized spacial score (nSPS) is 16.8. The second kappa shape index (κ2) is 7.50. The number of nitrogens with one attached hydrogen (secondary N) is 1. The number of rotatable bonds is 5.